The Balaban J connectivity index is 1.86. The molecular weight excluding hydrogens is 454 g/mol. The van der Waals surface area contributed by atoms with Gasteiger partial charge in [0.1, 0.15) is 6.61 Å². The zero-order valence-corrected chi connectivity index (χ0v) is 18.3. The summed E-state index contributed by atoms with van der Waals surface area (Å²) in [7, 11) is 0. The molecule has 2 amide bonds. The van der Waals surface area contributed by atoms with Crippen LogP contribution in [0, 0.1) is 0 Å². The summed E-state index contributed by atoms with van der Waals surface area (Å²) in [5.41, 5.74) is 1.64. The molecule has 29 heavy (non-hydrogen) atoms. The predicted molar refractivity (Wildman–Crippen MR) is 119 cm³/mol. The van der Waals surface area contributed by atoms with Crippen molar-refractivity contribution in [2.75, 3.05) is 13.2 Å². The lowest BCUT2D eigenvalue weighted by Crippen LogP contribution is -2.27. The molecule has 150 valence electrons. The number of hydrogen-bond donors (Lipinski definition) is 0. The van der Waals surface area contributed by atoms with E-state index in [1.54, 1.807) is 18.2 Å². The van der Waals surface area contributed by atoms with Gasteiger partial charge in [0.15, 0.2) is 11.5 Å². The Bertz CT molecular complexity index is 959. The van der Waals surface area contributed by atoms with Gasteiger partial charge in [-0.15, -0.1) is 0 Å². The smallest absolute Gasteiger partial charge is 0.293 e. The van der Waals surface area contributed by atoms with E-state index in [9.17, 15) is 9.59 Å². The van der Waals surface area contributed by atoms with Crippen LogP contribution in [0.25, 0.3) is 6.08 Å². The van der Waals surface area contributed by atoms with E-state index in [1.807, 2.05) is 43.3 Å². The van der Waals surface area contributed by atoms with Crippen molar-refractivity contribution in [3.8, 4) is 11.5 Å². The molecule has 0 aromatic heterocycles. The quantitative estimate of drug-likeness (QED) is 0.366. The topological polar surface area (TPSA) is 55.8 Å². The summed E-state index contributed by atoms with van der Waals surface area (Å²) >= 11 is 4.43. The number of amides is 2. The Hall–Kier alpha value is -2.51. The minimum Gasteiger partial charge on any atom is -0.490 e. The summed E-state index contributed by atoms with van der Waals surface area (Å²) in [6, 6.07) is 13.1. The van der Waals surface area contributed by atoms with Crippen LogP contribution >= 0.6 is 27.7 Å². The molecule has 0 N–H and O–H groups in total. The number of carbonyl (C=O) groups is 2. The van der Waals surface area contributed by atoms with Crippen molar-refractivity contribution in [2.45, 2.75) is 13.5 Å². The normalized spacial score (nSPS) is 15.1. The van der Waals surface area contributed by atoms with Crippen molar-refractivity contribution in [3.63, 3.8) is 0 Å². The first-order valence-electron chi connectivity index (χ1n) is 9.02. The molecule has 1 aliphatic heterocycles. The number of hydrogen-bond acceptors (Lipinski definition) is 5. The highest BCUT2D eigenvalue weighted by molar-refractivity contribution is 9.10. The van der Waals surface area contributed by atoms with Gasteiger partial charge in [-0.3, -0.25) is 14.5 Å². The fourth-order valence-corrected chi connectivity index (χ4v) is 4.18. The Kier molecular flexibility index (Phi) is 7.17. The Labute approximate surface area is 182 Å². The summed E-state index contributed by atoms with van der Waals surface area (Å²) in [5, 5.41) is -0.278. The molecule has 7 heteroatoms. The van der Waals surface area contributed by atoms with Gasteiger partial charge in [-0.25, -0.2) is 0 Å². The number of rotatable bonds is 8. The summed E-state index contributed by atoms with van der Waals surface area (Å²) < 4.78 is 12.0. The van der Waals surface area contributed by atoms with Crippen LogP contribution in [-0.4, -0.2) is 29.3 Å². The molecule has 0 atom stereocenters. The number of nitrogens with zero attached hydrogens (tertiary/aromatic N) is 1. The summed E-state index contributed by atoms with van der Waals surface area (Å²) in [4.78, 5) is 26.8. The highest BCUT2D eigenvalue weighted by atomic mass is 79.9. The third kappa shape index (κ3) is 5.10. The monoisotopic (exact) mass is 473 g/mol. The largest absolute Gasteiger partial charge is 0.490 e. The highest BCUT2D eigenvalue weighted by Crippen LogP contribution is 2.39. The first kappa shape index (κ1) is 21.2. The zero-order chi connectivity index (χ0) is 20.8. The molecule has 1 saturated heterocycles. The summed E-state index contributed by atoms with van der Waals surface area (Å²) in [6.07, 6.45) is 3.35. The van der Waals surface area contributed by atoms with Gasteiger partial charge in [-0.1, -0.05) is 43.0 Å². The number of carbonyl (C=O) groups excluding carboxylic acids is 2. The highest BCUT2D eigenvalue weighted by Gasteiger charge is 2.35. The maximum absolute atomic E-state index is 12.8. The molecule has 0 saturated carbocycles. The van der Waals surface area contributed by atoms with Gasteiger partial charge in [0.05, 0.1) is 22.5 Å². The van der Waals surface area contributed by atoms with E-state index in [0.29, 0.717) is 34.1 Å². The van der Waals surface area contributed by atoms with Crippen LogP contribution < -0.4 is 9.47 Å². The van der Waals surface area contributed by atoms with E-state index >= 15 is 0 Å². The van der Waals surface area contributed by atoms with Gasteiger partial charge < -0.3 is 9.47 Å². The van der Waals surface area contributed by atoms with Crippen molar-refractivity contribution in [1.82, 2.24) is 4.90 Å². The third-order valence-corrected chi connectivity index (χ3v) is 5.53. The van der Waals surface area contributed by atoms with Crippen LogP contribution in [0.15, 0.2) is 64.5 Å². The predicted octanol–water partition coefficient (Wildman–Crippen LogP) is 5.65. The fourth-order valence-electron chi connectivity index (χ4n) is 2.77. The second kappa shape index (κ2) is 9.80. The molecule has 5 nitrogen and oxygen atoms in total. The lowest BCUT2D eigenvalue weighted by atomic mass is 10.1. The molecule has 2 aromatic rings. The molecular formula is C22H20BrNO4S. The van der Waals surface area contributed by atoms with Crippen molar-refractivity contribution in [2.24, 2.45) is 0 Å². The van der Waals surface area contributed by atoms with Crippen molar-refractivity contribution < 1.29 is 19.1 Å². The average Bonchev–Trinajstić information content (AvgIpc) is 2.96. The fraction of sp³-hybridized carbons (Fsp3) is 0.182. The zero-order valence-electron chi connectivity index (χ0n) is 15.9. The van der Waals surface area contributed by atoms with Crippen molar-refractivity contribution >= 4 is 44.9 Å². The minimum atomic E-state index is -0.301. The van der Waals surface area contributed by atoms with E-state index in [-0.39, 0.29) is 17.7 Å². The van der Waals surface area contributed by atoms with Gasteiger partial charge >= 0.3 is 0 Å². The van der Waals surface area contributed by atoms with Crippen LogP contribution in [0.1, 0.15) is 18.1 Å². The van der Waals surface area contributed by atoms with Crippen LogP contribution in [0.3, 0.4) is 0 Å². The summed E-state index contributed by atoms with van der Waals surface area (Å²) in [5.74, 6) is 0.824. The standard InChI is InChI=1S/C22H20BrNO4S/c1-3-10-28-20-17(23)11-16(12-18(20)27-4-2)13-19-21(25)24(22(26)29-19)14-15-8-6-5-7-9-15/h3,5-9,11-13H,1,4,10,14H2,2H3/b19-13-. The summed E-state index contributed by atoms with van der Waals surface area (Å²) in [6.45, 7) is 6.60. The molecule has 2 aromatic carbocycles. The Morgan fingerprint density at radius 1 is 1.17 bits per heavy atom. The number of benzene rings is 2. The average molecular weight is 474 g/mol. The van der Waals surface area contributed by atoms with Gasteiger partial charge in [-0.05, 0) is 64.0 Å². The lowest BCUT2D eigenvalue weighted by molar-refractivity contribution is -0.123. The van der Waals surface area contributed by atoms with E-state index in [4.69, 9.17) is 9.47 Å². The third-order valence-electron chi connectivity index (χ3n) is 4.03. The minimum absolute atomic E-state index is 0.255. The maximum Gasteiger partial charge on any atom is 0.293 e. The molecule has 0 radical (unpaired) electrons. The van der Waals surface area contributed by atoms with Crippen molar-refractivity contribution in [3.05, 3.63) is 75.6 Å². The Morgan fingerprint density at radius 2 is 1.93 bits per heavy atom. The van der Waals surface area contributed by atoms with Crippen LogP contribution in [0.2, 0.25) is 0 Å². The molecule has 1 heterocycles. The molecule has 0 spiro atoms. The second-order valence-corrected chi connectivity index (χ2v) is 7.96. The maximum atomic E-state index is 12.8. The lowest BCUT2D eigenvalue weighted by Gasteiger charge is -2.14. The van der Waals surface area contributed by atoms with Crippen molar-refractivity contribution in [1.29, 1.82) is 0 Å². The van der Waals surface area contributed by atoms with Gasteiger partial charge in [0, 0.05) is 0 Å². The first-order chi connectivity index (χ1) is 14.0. The molecule has 1 fully saturated rings. The van der Waals surface area contributed by atoms with Crippen LogP contribution in [0.5, 0.6) is 11.5 Å². The SMILES string of the molecule is C=CCOc1c(Br)cc(/C=C2\SC(=O)N(Cc3ccccc3)C2=O)cc1OCC. The van der Waals surface area contributed by atoms with E-state index in [0.717, 1.165) is 22.9 Å². The van der Waals surface area contributed by atoms with Crippen LogP contribution in [-0.2, 0) is 11.3 Å². The Morgan fingerprint density at radius 3 is 2.62 bits per heavy atom. The van der Waals surface area contributed by atoms with Gasteiger partial charge in [0.25, 0.3) is 11.1 Å². The van der Waals surface area contributed by atoms with Crippen LogP contribution in [0.4, 0.5) is 4.79 Å². The molecule has 3 rings (SSSR count). The molecule has 0 bridgehead atoms. The molecule has 0 unspecified atom stereocenters. The number of halogens is 1. The molecule has 0 aliphatic carbocycles. The number of imide groups is 1. The number of thioether (sulfide) groups is 1. The van der Waals surface area contributed by atoms with Gasteiger partial charge in [-0.2, -0.15) is 0 Å². The van der Waals surface area contributed by atoms with Gasteiger partial charge in [0.2, 0.25) is 0 Å². The second-order valence-electron chi connectivity index (χ2n) is 6.12. The van der Waals surface area contributed by atoms with E-state index in [1.165, 1.54) is 4.90 Å². The van der Waals surface area contributed by atoms with E-state index in [2.05, 4.69) is 22.5 Å². The molecule has 1 aliphatic rings. The van der Waals surface area contributed by atoms with E-state index < -0.39 is 0 Å². The number of ether oxygens (including phenoxy) is 2. The first-order valence-corrected chi connectivity index (χ1v) is 10.6.